The molecule has 7 heteroatoms. The molecular weight excluding hydrogens is 284 g/mol. The van der Waals surface area contributed by atoms with Crippen LogP contribution in [0.25, 0.3) is 0 Å². The molecule has 0 saturated heterocycles. The zero-order chi connectivity index (χ0) is 15.6. The van der Waals surface area contributed by atoms with Crippen LogP contribution < -0.4 is 0 Å². The van der Waals surface area contributed by atoms with E-state index in [1.807, 2.05) is 0 Å². The van der Waals surface area contributed by atoms with Crippen LogP contribution in [0.15, 0.2) is 36.4 Å². The summed E-state index contributed by atoms with van der Waals surface area (Å²) in [6.45, 7) is -0.247. The first kappa shape index (κ1) is 14.8. The number of aliphatic carboxylic acids is 1. The zero-order valence-electron chi connectivity index (χ0n) is 10.7. The van der Waals surface area contributed by atoms with Crippen molar-refractivity contribution < 1.29 is 28.3 Å². The minimum Gasteiger partial charge on any atom is -0.481 e. The molecule has 2 rings (SSSR count). The van der Waals surface area contributed by atoms with E-state index in [2.05, 4.69) is 0 Å². The molecule has 1 aliphatic heterocycles. The fraction of sp³-hybridized carbons (Fsp3) is 0.214. The molecule has 0 fully saturated rings. The van der Waals surface area contributed by atoms with Gasteiger partial charge in [-0.05, 0) is 12.1 Å². The Kier molecular flexibility index (Phi) is 4.11. The second-order valence-corrected chi connectivity index (χ2v) is 4.39. The number of hydrogen-bond acceptors (Lipinski definition) is 3. The lowest BCUT2D eigenvalue weighted by atomic mass is 10.1. The first-order valence-electron chi connectivity index (χ1n) is 6.06. The van der Waals surface area contributed by atoms with E-state index in [1.54, 1.807) is 12.1 Å². The summed E-state index contributed by atoms with van der Waals surface area (Å²) in [5.74, 6) is -4.67. The van der Waals surface area contributed by atoms with E-state index in [0.29, 0.717) is 0 Å². The molecule has 21 heavy (non-hydrogen) atoms. The molecule has 1 heterocycles. The lowest BCUT2D eigenvalue weighted by Crippen LogP contribution is -2.30. The van der Waals surface area contributed by atoms with E-state index in [-0.39, 0.29) is 17.7 Å². The Morgan fingerprint density at radius 2 is 1.71 bits per heavy atom. The van der Waals surface area contributed by atoms with Crippen LogP contribution in [0.2, 0.25) is 0 Å². The second-order valence-electron chi connectivity index (χ2n) is 4.39. The van der Waals surface area contributed by atoms with Gasteiger partial charge in [0.25, 0.3) is 18.2 Å². The number of alkyl halides is 2. The van der Waals surface area contributed by atoms with Crippen LogP contribution in [-0.2, 0) is 4.79 Å². The molecule has 1 aromatic rings. The molecule has 1 unspecified atom stereocenters. The Morgan fingerprint density at radius 3 is 2.14 bits per heavy atom. The Balaban J connectivity index is 2.11. The minimum absolute atomic E-state index is 0.247. The SMILES string of the molecule is O=C(O)C(/C=C/CN1C(=O)c2ccccc2C1=O)C(F)F. The Morgan fingerprint density at radius 1 is 1.19 bits per heavy atom. The minimum atomic E-state index is -3.05. The van der Waals surface area contributed by atoms with Gasteiger partial charge in [-0.15, -0.1) is 0 Å². The maximum absolute atomic E-state index is 12.4. The summed E-state index contributed by atoms with van der Waals surface area (Å²) < 4.78 is 24.9. The van der Waals surface area contributed by atoms with E-state index in [4.69, 9.17) is 5.11 Å². The Labute approximate surface area is 118 Å². The number of carboxylic acids is 1. The Bertz CT molecular complexity index is 592. The van der Waals surface area contributed by atoms with Crippen molar-refractivity contribution in [3.05, 3.63) is 47.5 Å². The zero-order valence-corrected chi connectivity index (χ0v) is 10.7. The van der Waals surface area contributed by atoms with Crippen molar-refractivity contribution in [2.24, 2.45) is 5.92 Å². The topological polar surface area (TPSA) is 74.7 Å². The second kappa shape index (κ2) is 5.82. The number of imide groups is 1. The fourth-order valence-electron chi connectivity index (χ4n) is 1.99. The third-order valence-electron chi connectivity index (χ3n) is 3.07. The van der Waals surface area contributed by atoms with Gasteiger partial charge in [-0.1, -0.05) is 24.3 Å². The third kappa shape index (κ3) is 2.81. The van der Waals surface area contributed by atoms with Crippen LogP contribution >= 0.6 is 0 Å². The normalized spacial score (nSPS) is 15.9. The highest BCUT2D eigenvalue weighted by Gasteiger charge is 2.34. The molecule has 1 aromatic carbocycles. The number of nitrogens with zero attached hydrogens (tertiary/aromatic N) is 1. The average Bonchev–Trinajstić information content (AvgIpc) is 2.67. The molecule has 1 atom stereocenters. The van der Waals surface area contributed by atoms with Gasteiger partial charge in [0, 0.05) is 6.54 Å². The van der Waals surface area contributed by atoms with E-state index in [9.17, 15) is 23.2 Å². The molecule has 2 amide bonds. The van der Waals surface area contributed by atoms with Crippen LogP contribution in [0.5, 0.6) is 0 Å². The number of carbonyl (C=O) groups is 3. The highest BCUT2D eigenvalue weighted by Crippen LogP contribution is 2.22. The van der Waals surface area contributed by atoms with Crippen LogP contribution in [-0.4, -0.2) is 40.8 Å². The number of carboxylic acid groups (broad SMARTS) is 1. The van der Waals surface area contributed by atoms with Gasteiger partial charge < -0.3 is 5.11 Å². The number of halogens is 2. The molecule has 0 spiro atoms. The molecule has 1 N–H and O–H groups in total. The summed E-state index contributed by atoms with van der Waals surface area (Å²) >= 11 is 0. The highest BCUT2D eigenvalue weighted by atomic mass is 19.3. The lowest BCUT2D eigenvalue weighted by Gasteiger charge is -2.11. The van der Waals surface area contributed by atoms with E-state index >= 15 is 0 Å². The van der Waals surface area contributed by atoms with Crippen molar-refractivity contribution in [1.82, 2.24) is 4.90 Å². The van der Waals surface area contributed by atoms with Crippen LogP contribution in [0.1, 0.15) is 20.7 Å². The largest absolute Gasteiger partial charge is 0.481 e. The predicted molar refractivity (Wildman–Crippen MR) is 68.1 cm³/mol. The number of carbonyl (C=O) groups excluding carboxylic acids is 2. The van der Waals surface area contributed by atoms with E-state index < -0.39 is 30.1 Å². The summed E-state index contributed by atoms with van der Waals surface area (Å²) in [5, 5.41) is 8.60. The van der Waals surface area contributed by atoms with Crippen LogP contribution in [0, 0.1) is 5.92 Å². The highest BCUT2D eigenvalue weighted by molar-refractivity contribution is 6.21. The van der Waals surface area contributed by atoms with Crippen molar-refractivity contribution in [3.8, 4) is 0 Å². The molecule has 0 saturated carbocycles. The Hall–Kier alpha value is -2.57. The molecule has 0 aromatic heterocycles. The van der Waals surface area contributed by atoms with Gasteiger partial charge in [-0.2, -0.15) is 0 Å². The monoisotopic (exact) mass is 295 g/mol. The van der Waals surface area contributed by atoms with Gasteiger partial charge in [0.2, 0.25) is 0 Å². The number of amides is 2. The molecular formula is C14H11F2NO4. The summed E-state index contributed by atoms with van der Waals surface area (Å²) in [7, 11) is 0. The molecule has 0 bridgehead atoms. The van der Waals surface area contributed by atoms with Crippen molar-refractivity contribution in [1.29, 1.82) is 0 Å². The summed E-state index contributed by atoms with van der Waals surface area (Å²) in [5.41, 5.74) is 0.499. The van der Waals surface area contributed by atoms with Gasteiger partial charge in [0.1, 0.15) is 5.92 Å². The average molecular weight is 295 g/mol. The smallest absolute Gasteiger partial charge is 0.316 e. The standard InChI is InChI=1S/C14H11F2NO4/c15-11(16)10(14(20)21)6-3-7-17-12(18)8-4-1-2-5-9(8)13(17)19/h1-6,10-11H,7H2,(H,20,21)/b6-3+. The molecule has 5 nitrogen and oxygen atoms in total. The van der Waals surface area contributed by atoms with Gasteiger partial charge in [-0.25, -0.2) is 8.78 Å². The van der Waals surface area contributed by atoms with E-state index in [1.165, 1.54) is 12.1 Å². The lowest BCUT2D eigenvalue weighted by molar-refractivity contribution is -0.144. The summed E-state index contributed by atoms with van der Waals surface area (Å²) in [6.07, 6.45) is -1.18. The molecule has 1 aliphatic rings. The van der Waals surface area contributed by atoms with Crippen molar-refractivity contribution in [2.75, 3.05) is 6.54 Å². The quantitative estimate of drug-likeness (QED) is 0.664. The number of rotatable bonds is 5. The first-order chi connectivity index (χ1) is 9.93. The van der Waals surface area contributed by atoms with E-state index in [0.717, 1.165) is 17.1 Å². The van der Waals surface area contributed by atoms with Crippen molar-refractivity contribution >= 4 is 17.8 Å². The van der Waals surface area contributed by atoms with Gasteiger partial charge in [0.15, 0.2) is 0 Å². The van der Waals surface area contributed by atoms with Gasteiger partial charge in [-0.3, -0.25) is 19.3 Å². The molecule has 0 radical (unpaired) electrons. The molecule has 0 aliphatic carbocycles. The number of benzene rings is 1. The predicted octanol–water partition coefficient (Wildman–Crippen LogP) is 1.80. The maximum atomic E-state index is 12.4. The van der Waals surface area contributed by atoms with Gasteiger partial charge in [0.05, 0.1) is 11.1 Å². The first-order valence-corrected chi connectivity index (χ1v) is 6.06. The van der Waals surface area contributed by atoms with Crippen LogP contribution in [0.4, 0.5) is 8.78 Å². The van der Waals surface area contributed by atoms with Crippen molar-refractivity contribution in [3.63, 3.8) is 0 Å². The van der Waals surface area contributed by atoms with Crippen molar-refractivity contribution in [2.45, 2.75) is 6.43 Å². The molecule has 110 valence electrons. The maximum Gasteiger partial charge on any atom is 0.316 e. The van der Waals surface area contributed by atoms with Crippen LogP contribution in [0.3, 0.4) is 0 Å². The number of fused-ring (bicyclic) bond motifs is 1. The van der Waals surface area contributed by atoms with Gasteiger partial charge >= 0.3 is 5.97 Å². The summed E-state index contributed by atoms with van der Waals surface area (Å²) in [6, 6.07) is 6.22. The number of hydrogen-bond donors (Lipinski definition) is 1. The summed E-state index contributed by atoms with van der Waals surface area (Å²) in [4.78, 5) is 35.4. The third-order valence-corrected chi connectivity index (χ3v) is 3.07. The fourth-order valence-corrected chi connectivity index (χ4v) is 1.99.